The Bertz CT molecular complexity index is 546. The summed E-state index contributed by atoms with van der Waals surface area (Å²) in [5.74, 6) is 0.429. The summed E-state index contributed by atoms with van der Waals surface area (Å²) in [5, 5.41) is 16.6. The smallest absolute Gasteiger partial charge is 0.306 e. The second kappa shape index (κ2) is 9.58. The molecule has 29 heavy (non-hydrogen) atoms. The summed E-state index contributed by atoms with van der Waals surface area (Å²) in [7, 11) is 4.26. The van der Waals surface area contributed by atoms with Gasteiger partial charge in [-0.05, 0) is 77.9 Å². The Morgan fingerprint density at radius 3 is 2.59 bits per heavy atom. The van der Waals surface area contributed by atoms with E-state index < -0.39 is 5.97 Å². The fraction of sp³-hybridized carbons (Fsp3) is 0.952. The highest BCUT2D eigenvalue weighted by Crippen LogP contribution is 2.32. The molecule has 0 aromatic rings. The maximum Gasteiger partial charge on any atom is 0.306 e. The van der Waals surface area contributed by atoms with Crippen LogP contribution in [0, 0.1) is 17.8 Å². The van der Waals surface area contributed by atoms with Crippen LogP contribution in [0.3, 0.4) is 0 Å². The summed E-state index contributed by atoms with van der Waals surface area (Å²) in [6.07, 6.45) is 9.24. The summed E-state index contributed by atoms with van der Waals surface area (Å²) in [4.78, 5) is 22.1. The van der Waals surface area contributed by atoms with Crippen LogP contribution in [0.5, 0.6) is 0 Å². The highest BCUT2D eigenvalue weighted by atomic mass is 16.7. The molecule has 4 N–H and O–H groups in total. The molecule has 4 aliphatic rings. The van der Waals surface area contributed by atoms with Gasteiger partial charge in [0, 0.05) is 19.0 Å². The lowest BCUT2D eigenvalue weighted by molar-refractivity contribution is -0.143. The monoisotopic (exact) mass is 409 g/mol. The fourth-order valence-corrected chi connectivity index (χ4v) is 5.75. The van der Waals surface area contributed by atoms with Crippen molar-refractivity contribution in [2.75, 3.05) is 33.7 Å². The molecule has 1 aliphatic carbocycles. The molecule has 8 heteroatoms. The molecular weight excluding hydrogens is 370 g/mol. The zero-order chi connectivity index (χ0) is 20.4. The van der Waals surface area contributed by atoms with Gasteiger partial charge in [-0.15, -0.1) is 0 Å². The molecule has 3 aliphatic heterocycles. The predicted octanol–water partition coefficient (Wildman–Crippen LogP) is 1.01. The second-order valence-corrected chi connectivity index (χ2v) is 9.79. The van der Waals surface area contributed by atoms with Crippen molar-refractivity contribution in [2.45, 2.75) is 76.0 Å². The summed E-state index contributed by atoms with van der Waals surface area (Å²) in [6, 6.07) is 0.413. The first-order valence-corrected chi connectivity index (χ1v) is 11.5. The van der Waals surface area contributed by atoms with E-state index in [1.54, 1.807) is 0 Å². The average Bonchev–Trinajstić information content (AvgIpc) is 3.38. The normalized spacial score (nSPS) is 41.8. The van der Waals surface area contributed by atoms with Gasteiger partial charge in [0.15, 0.2) is 0 Å². The minimum absolute atomic E-state index is 0.0458. The molecule has 0 aromatic carbocycles. The number of hydrogen-bond acceptors (Lipinski definition) is 7. The van der Waals surface area contributed by atoms with Crippen molar-refractivity contribution in [3.8, 4) is 0 Å². The van der Waals surface area contributed by atoms with Crippen molar-refractivity contribution in [2.24, 2.45) is 17.8 Å². The van der Waals surface area contributed by atoms with Crippen LogP contribution in [0.1, 0.15) is 51.4 Å². The number of rotatable bonds is 6. The number of aliphatic carboxylic acids is 1. The van der Waals surface area contributed by atoms with E-state index >= 15 is 0 Å². The maximum atomic E-state index is 11.2. The third-order valence-corrected chi connectivity index (χ3v) is 7.64. The lowest BCUT2D eigenvalue weighted by atomic mass is 9.82. The molecule has 4 rings (SSSR count). The standard InChI is InChI=1S/C21H39N5O3/c1-25(2)18-10-9-16(12-22-18)19-23-20(29-24-19)17-4-3-11-26(17)13-14-5-7-15(8-6-14)21(27)28/h14-20,22-24H,3-13H2,1-2H3,(H,27,28)/t14?,15?,16?,17-,18?,19?,20?/m1/s1. The van der Waals surface area contributed by atoms with Gasteiger partial charge >= 0.3 is 5.97 Å². The molecule has 1 saturated carbocycles. The first-order valence-electron chi connectivity index (χ1n) is 11.5. The first kappa shape index (κ1) is 21.5. The first-order chi connectivity index (χ1) is 14.0. The van der Waals surface area contributed by atoms with Crippen molar-refractivity contribution >= 4 is 5.97 Å². The van der Waals surface area contributed by atoms with E-state index in [1.165, 1.54) is 19.3 Å². The Balaban J connectivity index is 1.24. The zero-order valence-corrected chi connectivity index (χ0v) is 18.0. The Hall–Kier alpha value is -0.770. The Labute approximate surface area is 174 Å². The quantitative estimate of drug-likeness (QED) is 0.517. The predicted molar refractivity (Wildman–Crippen MR) is 111 cm³/mol. The summed E-state index contributed by atoms with van der Waals surface area (Å²) >= 11 is 0. The number of piperidine rings is 1. The summed E-state index contributed by atoms with van der Waals surface area (Å²) in [6.45, 7) is 3.22. The van der Waals surface area contributed by atoms with Crippen LogP contribution >= 0.6 is 0 Å². The van der Waals surface area contributed by atoms with Crippen LogP contribution in [0.2, 0.25) is 0 Å². The van der Waals surface area contributed by atoms with Crippen molar-refractivity contribution in [1.82, 2.24) is 25.9 Å². The lowest BCUT2D eigenvalue weighted by Gasteiger charge is -2.36. The third-order valence-electron chi connectivity index (χ3n) is 7.64. The van der Waals surface area contributed by atoms with Crippen LogP contribution in [0.25, 0.3) is 0 Å². The number of nitrogens with zero attached hydrogens (tertiary/aromatic N) is 2. The van der Waals surface area contributed by atoms with Crippen molar-refractivity contribution < 1.29 is 14.7 Å². The Morgan fingerprint density at radius 1 is 1.14 bits per heavy atom. The molecule has 4 fully saturated rings. The maximum absolute atomic E-state index is 11.2. The van der Waals surface area contributed by atoms with Gasteiger partial charge in [0.2, 0.25) is 0 Å². The number of hydrogen-bond donors (Lipinski definition) is 4. The molecule has 0 spiro atoms. The van der Waals surface area contributed by atoms with E-state index in [0.717, 1.165) is 51.7 Å². The highest BCUT2D eigenvalue weighted by Gasteiger charge is 2.41. The zero-order valence-electron chi connectivity index (χ0n) is 18.0. The van der Waals surface area contributed by atoms with Gasteiger partial charge in [-0.25, -0.2) is 0 Å². The number of carbonyl (C=O) groups is 1. The molecule has 0 bridgehead atoms. The number of carboxylic acids is 1. The molecule has 8 nitrogen and oxygen atoms in total. The Kier molecular flexibility index (Phi) is 7.09. The van der Waals surface area contributed by atoms with Crippen LogP contribution in [-0.2, 0) is 9.63 Å². The molecule has 5 atom stereocenters. The molecule has 0 aromatic heterocycles. The number of hydroxylamine groups is 1. The van der Waals surface area contributed by atoms with Gasteiger partial charge in [0.1, 0.15) is 6.23 Å². The molecule has 3 heterocycles. The third kappa shape index (κ3) is 5.11. The molecule has 0 radical (unpaired) electrons. The van der Waals surface area contributed by atoms with Crippen LogP contribution in [-0.4, -0.2) is 79.2 Å². The number of carboxylic acid groups (broad SMARTS) is 1. The van der Waals surface area contributed by atoms with Gasteiger partial charge in [-0.2, -0.15) is 5.48 Å². The molecule has 0 amide bonds. The van der Waals surface area contributed by atoms with E-state index in [0.29, 0.717) is 24.0 Å². The topological polar surface area (TPSA) is 89.1 Å². The second-order valence-electron chi connectivity index (χ2n) is 9.79. The highest BCUT2D eigenvalue weighted by molar-refractivity contribution is 5.69. The van der Waals surface area contributed by atoms with Gasteiger partial charge in [0.05, 0.1) is 24.3 Å². The van der Waals surface area contributed by atoms with E-state index in [1.807, 2.05) is 0 Å². The van der Waals surface area contributed by atoms with Crippen LogP contribution in [0.15, 0.2) is 0 Å². The van der Waals surface area contributed by atoms with Crippen molar-refractivity contribution in [3.05, 3.63) is 0 Å². The lowest BCUT2D eigenvalue weighted by Crippen LogP contribution is -2.54. The average molecular weight is 410 g/mol. The van der Waals surface area contributed by atoms with E-state index in [-0.39, 0.29) is 18.3 Å². The van der Waals surface area contributed by atoms with Crippen molar-refractivity contribution in [3.63, 3.8) is 0 Å². The van der Waals surface area contributed by atoms with E-state index in [2.05, 4.69) is 40.0 Å². The molecule has 3 saturated heterocycles. The van der Waals surface area contributed by atoms with Crippen LogP contribution in [0.4, 0.5) is 0 Å². The summed E-state index contributed by atoms with van der Waals surface area (Å²) in [5.41, 5.74) is 3.28. The van der Waals surface area contributed by atoms with Gasteiger partial charge in [-0.3, -0.25) is 24.7 Å². The minimum atomic E-state index is -0.614. The van der Waals surface area contributed by atoms with Gasteiger partial charge in [-0.1, -0.05) is 0 Å². The number of likely N-dealkylation sites (tertiary alicyclic amines) is 1. The summed E-state index contributed by atoms with van der Waals surface area (Å²) < 4.78 is 0. The minimum Gasteiger partial charge on any atom is -0.481 e. The van der Waals surface area contributed by atoms with Crippen LogP contribution < -0.4 is 16.1 Å². The molecular formula is C21H39N5O3. The largest absolute Gasteiger partial charge is 0.481 e. The van der Waals surface area contributed by atoms with Gasteiger partial charge < -0.3 is 10.4 Å². The molecule has 166 valence electrons. The molecule has 4 unspecified atom stereocenters. The van der Waals surface area contributed by atoms with E-state index in [9.17, 15) is 9.90 Å². The fourth-order valence-electron chi connectivity index (χ4n) is 5.75. The number of nitrogens with one attached hydrogen (secondary N) is 3. The van der Waals surface area contributed by atoms with E-state index in [4.69, 9.17) is 4.84 Å². The Morgan fingerprint density at radius 2 is 1.93 bits per heavy atom. The SMILES string of the molecule is CN(C)C1CCC(C2NOC([C@H]3CCCN3CC3CCC(C(=O)O)CC3)N2)CN1. The van der Waals surface area contributed by atoms with Crippen molar-refractivity contribution in [1.29, 1.82) is 0 Å². The van der Waals surface area contributed by atoms with Gasteiger partial charge in [0.25, 0.3) is 0 Å².